The summed E-state index contributed by atoms with van der Waals surface area (Å²) in [5, 5.41) is 9.65. The van der Waals surface area contributed by atoms with Crippen LogP contribution in [0.1, 0.15) is 41.5 Å². The minimum absolute atomic E-state index is 0.280. The van der Waals surface area contributed by atoms with E-state index in [-0.39, 0.29) is 6.04 Å². The van der Waals surface area contributed by atoms with Crippen molar-refractivity contribution < 1.29 is 9.90 Å². The molecule has 3 atom stereocenters. The lowest BCUT2D eigenvalue weighted by Gasteiger charge is -2.26. The third-order valence-corrected chi connectivity index (χ3v) is 5.44. The van der Waals surface area contributed by atoms with Crippen molar-refractivity contribution in [3.63, 3.8) is 0 Å². The van der Waals surface area contributed by atoms with Gasteiger partial charge in [-0.3, -0.25) is 9.69 Å². The SMILES string of the molecule is Cc1cc(C)c(CN2CC3CCCC3C2C(=O)O)c(C)c1. The van der Waals surface area contributed by atoms with Crippen molar-refractivity contribution in [1.29, 1.82) is 0 Å². The third kappa shape index (κ3) is 2.59. The van der Waals surface area contributed by atoms with Crippen molar-refractivity contribution in [3.8, 4) is 0 Å². The molecular weight excluding hydrogens is 262 g/mol. The second-order valence-electron chi connectivity index (χ2n) is 6.94. The summed E-state index contributed by atoms with van der Waals surface area (Å²) >= 11 is 0. The van der Waals surface area contributed by atoms with Crippen LogP contribution >= 0.6 is 0 Å². The van der Waals surface area contributed by atoms with Gasteiger partial charge in [-0.15, -0.1) is 0 Å². The predicted octanol–water partition coefficient (Wildman–Crippen LogP) is 3.30. The normalized spacial score (nSPS) is 28.8. The number of nitrogens with zero attached hydrogens (tertiary/aromatic N) is 1. The maximum Gasteiger partial charge on any atom is 0.321 e. The number of hydrogen-bond acceptors (Lipinski definition) is 2. The van der Waals surface area contributed by atoms with Gasteiger partial charge < -0.3 is 5.11 Å². The van der Waals surface area contributed by atoms with Gasteiger partial charge in [0, 0.05) is 13.1 Å². The van der Waals surface area contributed by atoms with E-state index in [9.17, 15) is 9.90 Å². The molecule has 2 fully saturated rings. The molecule has 0 spiro atoms. The van der Waals surface area contributed by atoms with Gasteiger partial charge in [0.05, 0.1) is 0 Å². The number of aliphatic carboxylic acids is 1. The Labute approximate surface area is 127 Å². The van der Waals surface area contributed by atoms with Gasteiger partial charge >= 0.3 is 5.97 Å². The topological polar surface area (TPSA) is 40.5 Å². The van der Waals surface area contributed by atoms with E-state index in [1.807, 2.05) is 0 Å². The smallest absolute Gasteiger partial charge is 0.321 e. The van der Waals surface area contributed by atoms with Crippen LogP contribution in [0.2, 0.25) is 0 Å². The van der Waals surface area contributed by atoms with Gasteiger partial charge in [0.25, 0.3) is 0 Å². The highest BCUT2D eigenvalue weighted by Crippen LogP contribution is 2.43. The highest BCUT2D eigenvalue weighted by atomic mass is 16.4. The first-order chi connectivity index (χ1) is 9.97. The Balaban J connectivity index is 1.86. The average Bonchev–Trinajstić information content (AvgIpc) is 2.92. The quantitative estimate of drug-likeness (QED) is 0.927. The first-order valence-corrected chi connectivity index (χ1v) is 8.01. The number of hydrogen-bond donors (Lipinski definition) is 1. The lowest BCUT2D eigenvalue weighted by atomic mass is 9.94. The minimum atomic E-state index is -0.633. The molecule has 0 amide bonds. The summed E-state index contributed by atoms with van der Waals surface area (Å²) in [4.78, 5) is 13.9. The van der Waals surface area contributed by atoms with Crippen molar-refractivity contribution in [3.05, 3.63) is 34.4 Å². The van der Waals surface area contributed by atoms with Crippen LogP contribution in [-0.2, 0) is 11.3 Å². The van der Waals surface area contributed by atoms with Crippen LogP contribution in [-0.4, -0.2) is 28.6 Å². The van der Waals surface area contributed by atoms with Crippen molar-refractivity contribution in [2.24, 2.45) is 11.8 Å². The largest absolute Gasteiger partial charge is 0.480 e. The van der Waals surface area contributed by atoms with E-state index in [1.165, 1.54) is 35.1 Å². The Morgan fingerprint density at radius 1 is 1.24 bits per heavy atom. The Kier molecular flexibility index (Phi) is 3.78. The number of carboxylic acids is 1. The molecule has 1 aliphatic carbocycles. The van der Waals surface area contributed by atoms with E-state index in [4.69, 9.17) is 0 Å². The molecule has 0 aromatic heterocycles. The van der Waals surface area contributed by atoms with Crippen molar-refractivity contribution in [1.82, 2.24) is 4.90 Å². The minimum Gasteiger partial charge on any atom is -0.480 e. The van der Waals surface area contributed by atoms with E-state index in [2.05, 4.69) is 37.8 Å². The lowest BCUT2D eigenvalue weighted by molar-refractivity contribution is -0.143. The highest BCUT2D eigenvalue weighted by Gasteiger charge is 2.47. The molecule has 3 nitrogen and oxygen atoms in total. The molecule has 114 valence electrons. The Bertz CT molecular complexity index is 543. The van der Waals surface area contributed by atoms with Crippen LogP contribution in [0.15, 0.2) is 12.1 Å². The molecule has 1 N–H and O–H groups in total. The average molecular weight is 287 g/mol. The highest BCUT2D eigenvalue weighted by molar-refractivity contribution is 5.74. The van der Waals surface area contributed by atoms with Crippen LogP contribution in [0.4, 0.5) is 0 Å². The molecule has 1 aliphatic heterocycles. The van der Waals surface area contributed by atoms with Crippen LogP contribution in [0.25, 0.3) is 0 Å². The predicted molar refractivity (Wildman–Crippen MR) is 83.3 cm³/mol. The monoisotopic (exact) mass is 287 g/mol. The van der Waals surface area contributed by atoms with Gasteiger partial charge in [-0.2, -0.15) is 0 Å². The van der Waals surface area contributed by atoms with Gasteiger partial charge in [0.15, 0.2) is 0 Å². The Morgan fingerprint density at radius 2 is 1.90 bits per heavy atom. The molecule has 0 radical (unpaired) electrons. The molecule has 3 unspecified atom stereocenters. The summed E-state index contributed by atoms with van der Waals surface area (Å²) in [5.74, 6) is 0.331. The Morgan fingerprint density at radius 3 is 2.52 bits per heavy atom. The van der Waals surface area contributed by atoms with Crippen LogP contribution < -0.4 is 0 Å². The molecule has 3 heteroatoms. The first kappa shape index (κ1) is 14.6. The first-order valence-electron chi connectivity index (χ1n) is 8.01. The van der Waals surface area contributed by atoms with E-state index < -0.39 is 5.97 Å². The summed E-state index contributed by atoms with van der Waals surface area (Å²) in [5.41, 5.74) is 5.16. The standard InChI is InChI=1S/C18H25NO2/c1-11-7-12(2)16(13(3)8-11)10-19-9-14-5-4-6-15(14)17(19)18(20)21/h7-8,14-15,17H,4-6,9-10H2,1-3H3,(H,20,21). The summed E-state index contributed by atoms with van der Waals surface area (Å²) in [6, 6.07) is 4.13. The summed E-state index contributed by atoms with van der Waals surface area (Å²) < 4.78 is 0. The van der Waals surface area contributed by atoms with Gasteiger partial charge in [-0.1, -0.05) is 24.1 Å². The lowest BCUT2D eigenvalue weighted by Crippen LogP contribution is -2.39. The van der Waals surface area contributed by atoms with Crippen LogP contribution in [0.3, 0.4) is 0 Å². The van der Waals surface area contributed by atoms with E-state index >= 15 is 0 Å². The van der Waals surface area contributed by atoms with Gasteiger partial charge in [-0.25, -0.2) is 0 Å². The summed E-state index contributed by atoms with van der Waals surface area (Å²) in [7, 11) is 0. The number of carboxylic acid groups (broad SMARTS) is 1. The molecule has 1 saturated carbocycles. The molecule has 3 rings (SSSR count). The second kappa shape index (κ2) is 5.45. The number of rotatable bonds is 3. The summed E-state index contributed by atoms with van der Waals surface area (Å²) in [6.07, 6.45) is 3.50. The molecule has 21 heavy (non-hydrogen) atoms. The maximum atomic E-state index is 11.7. The van der Waals surface area contributed by atoms with E-state index in [0.29, 0.717) is 11.8 Å². The molecule has 0 bridgehead atoms. The zero-order valence-corrected chi connectivity index (χ0v) is 13.2. The van der Waals surface area contributed by atoms with Gasteiger partial charge in [0.2, 0.25) is 0 Å². The van der Waals surface area contributed by atoms with Crippen molar-refractivity contribution in [2.45, 2.75) is 52.6 Å². The van der Waals surface area contributed by atoms with Gasteiger partial charge in [-0.05, 0) is 62.1 Å². The number of carbonyl (C=O) groups is 1. The van der Waals surface area contributed by atoms with Crippen molar-refractivity contribution >= 4 is 5.97 Å². The summed E-state index contributed by atoms with van der Waals surface area (Å²) in [6.45, 7) is 8.13. The molecule has 1 aromatic carbocycles. The van der Waals surface area contributed by atoms with Crippen LogP contribution in [0, 0.1) is 32.6 Å². The zero-order valence-electron chi connectivity index (χ0n) is 13.2. The van der Waals surface area contributed by atoms with Crippen molar-refractivity contribution in [2.75, 3.05) is 6.54 Å². The number of benzene rings is 1. The zero-order chi connectivity index (χ0) is 15.1. The molecule has 1 heterocycles. The fourth-order valence-electron chi connectivity index (χ4n) is 4.56. The second-order valence-corrected chi connectivity index (χ2v) is 6.94. The Hall–Kier alpha value is -1.35. The fourth-order valence-corrected chi connectivity index (χ4v) is 4.56. The number of likely N-dealkylation sites (tertiary alicyclic amines) is 1. The van der Waals surface area contributed by atoms with Gasteiger partial charge in [0.1, 0.15) is 6.04 Å². The third-order valence-electron chi connectivity index (χ3n) is 5.44. The van der Waals surface area contributed by atoms with E-state index in [0.717, 1.165) is 19.5 Å². The number of fused-ring (bicyclic) bond motifs is 1. The van der Waals surface area contributed by atoms with E-state index in [1.54, 1.807) is 0 Å². The maximum absolute atomic E-state index is 11.7. The molecule has 2 aliphatic rings. The molecule has 1 aromatic rings. The fraction of sp³-hybridized carbons (Fsp3) is 0.611. The molecule has 1 saturated heterocycles. The van der Waals surface area contributed by atoms with Crippen LogP contribution in [0.5, 0.6) is 0 Å². The number of aryl methyl sites for hydroxylation is 3. The molecular formula is C18H25NO2.